The van der Waals surface area contributed by atoms with Gasteiger partial charge in [0.1, 0.15) is 0 Å². The topological polar surface area (TPSA) is 31.5 Å². The van der Waals surface area contributed by atoms with Gasteiger partial charge in [-0.15, -0.1) is 6.42 Å². The molecule has 0 spiro atoms. The minimum absolute atomic E-state index is 0. The van der Waals surface area contributed by atoms with Crippen molar-refractivity contribution >= 4 is 11.6 Å². The molecule has 0 bridgehead atoms. The Kier molecular flexibility index (Phi) is 32.2. The van der Waals surface area contributed by atoms with Gasteiger partial charge < -0.3 is 5.48 Å². The lowest BCUT2D eigenvalue weighted by Crippen LogP contribution is -0.954. The molecule has 0 rings (SSSR count). The van der Waals surface area contributed by atoms with E-state index in [9.17, 15) is 0 Å². The molecule has 0 aliphatic carbocycles. The number of halogens is 1. The van der Waals surface area contributed by atoms with E-state index < -0.39 is 0 Å². The lowest BCUT2D eigenvalue weighted by Gasteiger charge is -1.18. The van der Waals surface area contributed by atoms with Gasteiger partial charge in [0.2, 0.25) is 0 Å². The van der Waals surface area contributed by atoms with E-state index in [0.717, 1.165) is 0 Å². The van der Waals surface area contributed by atoms with Gasteiger partial charge in [-0.2, -0.15) is 0 Å². The predicted octanol–water partition coefficient (Wildman–Crippen LogP) is -0.00880. The second kappa shape index (κ2) is 14.0. The van der Waals surface area contributed by atoms with Crippen LogP contribution in [0.1, 0.15) is 0 Å². The van der Waals surface area contributed by atoms with Crippen LogP contribution in [0.5, 0.6) is 0 Å². The van der Waals surface area contributed by atoms with E-state index in [1.165, 1.54) is 0 Å². The first kappa shape index (κ1) is 9.18. The minimum Gasteiger partial charge on any atom is -0.412 e. The molecule has 0 saturated carbocycles. The highest BCUT2D eigenvalue weighted by Gasteiger charge is 1.13. The molecule has 24 valence electrons. The first-order valence-corrected chi connectivity index (χ1v) is 0.856. The Morgan fingerprint density at radius 1 is 1.75 bits per heavy atom. The van der Waals surface area contributed by atoms with Gasteiger partial charge in [-0.1, -0.05) is 0 Å². The molecule has 0 aliphatic rings. The van der Waals surface area contributed by atoms with Crippen LogP contribution >= 0.6 is 11.6 Å². The quantitative estimate of drug-likeness (QED) is 0.365. The summed E-state index contributed by atoms with van der Waals surface area (Å²) < 4.78 is 0. The van der Waals surface area contributed by atoms with Crippen LogP contribution in [-0.4, -0.2) is 5.48 Å². The van der Waals surface area contributed by atoms with Crippen LogP contribution in [-0.2, 0) is 0 Å². The van der Waals surface area contributed by atoms with Gasteiger partial charge in [0.25, 0.3) is 0 Å². The molecule has 4 heavy (non-hydrogen) atoms. The summed E-state index contributed by atoms with van der Waals surface area (Å²) in [6.45, 7) is 0. The van der Waals surface area contributed by atoms with Crippen LogP contribution in [0.3, 0.4) is 0 Å². The average molecular weight is 78.5 g/mol. The fourth-order valence-corrected chi connectivity index (χ4v) is 0. The standard InChI is InChI=1S/C2HCl.H2O/c1-2-3;/h1H;1H2. The van der Waals surface area contributed by atoms with Crippen LogP contribution in [0.15, 0.2) is 0 Å². The van der Waals surface area contributed by atoms with Crippen molar-refractivity contribution < 1.29 is 5.48 Å². The zero-order chi connectivity index (χ0) is 2.71. The molecule has 0 heterocycles. The number of rotatable bonds is 0. The molecule has 0 saturated heterocycles. The molecule has 2 N–H and O–H groups in total. The molecule has 0 aromatic heterocycles. The molecule has 2 heteroatoms. The summed E-state index contributed by atoms with van der Waals surface area (Å²) in [6.07, 6.45) is 4.36. The van der Waals surface area contributed by atoms with Crippen LogP contribution in [0, 0.1) is 11.8 Å². The highest BCUT2D eigenvalue weighted by atomic mass is 35.5. The van der Waals surface area contributed by atoms with Gasteiger partial charge in [-0.25, -0.2) is 0 Å². The minimum atomic E-state index is 0. The van der Waals surface area contributed by atoms with E-state index in [1.54, 1.807) is 5.38 Å². The third kappa shape index (κ3) is 32.9. The van der Waals surface area contributed by atoms with E-state index >= 15 is 0 Å². The lowest BCUT2D eigenvalue weighted by atomic mass is 11.4. The smallest absolute Gasteiger partial charge is 0.000627 e. The van der Waals surface area contributed by atoms with Crippen molar-refractivity contribution in [2.45, 2.75) is 0 Å². The van der Waals surface area contributed by atoms with Crippen molar-refractivity contribution in [1.82, 2.24) is 0 Å². The van der Waals surface area contributed by atoms with Crippen molar-refractivity contribution in [3.8, 4) is 11.8 Å². The van der Waals surface area contributed by atoms with E-state index in [2.05, 4.69) is 18.0 Å². The average Bonchev–Trinajstić information content (AvgIpc) is 0.918. The fourth-order valence-electron chi connectivity index (χ4n) is 0. The van der Waals surface area contributed by atoms with E-state index in [-0.39, 0.29) is 5.48 Å². The molecular formula is C2H3ClO. The Labute approximate surface area is 29.9 Å². The Morgan fingerprint density at radius 3 is 1.75 bits per heavy atom. The van der Waals surface area contributed by atoms with Crippen molar-refractivity contribution in [2.24, 2.45) is 0 Å². The first-order valence-electron chi connectivity index (χ1n) is 0.478. The summed E-state index contributed by atoms with van der Waals surface area (Å²) >= 11 is 4.53. The van der Waals surface area contributed by atoms with Crippen molar-refractivity contribution in [2.75, 3.05) is 0 Å². The molecule has 1 nitrogen and oxygen atoms in total. The molecule has 0 atom stereocenters. The molecule has 0 aromatic carbocycles. The lowest BCUT2D eigenvalue weighted by molar-refractivity contribution is 0.824. The summed E-state index contributed by atoms with van der Waals surface area (Å²) in [5, 5.41) is 1.72. The fraction of sp³-hybridized carbons (Fsp3) is 0. The maximum Gasteiger partial charge on any atom is 0.000627 e. The SMILES string of the molecule is C#CCl.O. The summed E-state index contributed by atoms with van der Waals surface area (Å²) in [7, 11) is 0. The van der Waals surface area contributed by atoms with Gasteiger partial charge in [-0.05, 0) is 11.6 Å². The van der Waals surface area contributed by atoms with E-state index in [0.29, 0.717) is 0 Å². The third-order valence-electron chi connectivity index (χ3n) is 0. The van der Waals surface area contributed by atoms with Crippen molar-refractivity contribution in [3.05, 3.63) is 0 Å². The predicted molar refractivity (Wildman–Crippen MR) is 18.3 cm³/mol. The molecule has 0 aliphatic heterocycles. The zero-order valence-corrected chi connectivity index (χ0v) is 2.71. The first-order chi connectivity index (χ1) is 1.41. The normalized spacial score (nSPS) is 2.00. The monoisotopic (exact) mass is 78.0 g/mol. The molecule has 0 amide bonds. The van der Waals surface area contributed by atoms with Gasteiger partial charge in [0, 0.05) is 5.38 Å². The Balaban J connectivity index is 0. The highest BCUT2D eigenvalue weighted by molar-refractivity contribution is 6.29. The second-order valence-electron chi connectivity index (χ2n) is 0.109. The van der Waals surface area contributed by atoms with Crippen LogP contribution in [0.25, 0.3) is 0 Å². The van der Waals surface area contributed by atoms with Gasteiger partial charge >= 0.3 is 0 Å². The Hall–Kier alpha value is -0.190. The number of hydrogen-bond donors (Lipinski definition) is 0. The van der Waals surface area contributed by atoms with Crippen LogP contribution < -0.4 is 0 Å². The molecule has 0 radical (unpaired) electrons. The van der Waals surface area contributed by atoms with Crippen LogP contribution in [0.2, 0.25) is 0 Å². The molecular weight excluding hydrogens is 75.5 g/mol. The summed E-state index contributed by atoms with van der Waals surface area (Å²) in [5.74, 6) is 0. The molecule has 0 unspecified atom stereocenters. The largest absolute Gasteiger partial charge is 0.412 e. The van der Waals surface area contributed by atoms with E-state index in [4.69, 9.17) is 0 Å². The van der Waals surface area contributed by atoms with E-state index in [1.807, 2.05) is 0 Å². The Bertz CT molecular complexity index is 27.5. The van der Waals surface area contributed by atoms with Gasteiger partial charge in [0.15, 0.2) is 0 Å². The van der Waals surface area contributed by atoms with Gasteiger partial charge in [0.05, 0.1) is 0 Å². The maximum atomic E-state index is 4.53. The Morgan fingerprint density at radius 2 is 1.75 bits per heavy atom. The molecule has 0 aromatic rings. The van der Waals surface area contributed by atoms with Crippen molar-refractivity contribution in [1.29, 1.82) is 0 Å². The summed E-state index contributed by atoms with van der Waals surface area (Å²) in [5.41, 5.74) is 0. The third-order valence-corrected chi connectivity index (χ3v) is 0. The second-order valence-corrected chi connectivity index (χ2v) is 0.327. The summed E-state index contributed by atoms with van der Waals surface area (Å²) in [4.78, 5) is 0. The molecule has 0 fully saturated rings. The zero-order valence-electron chi connectivity index (χ0n) is 1.96. The van der Waals surface area contributed by atoms with Crippen molar-refractivity contribution in [3.63, 3.8) is 0 Å². The highest BCUT2D eigenvalue weighted by Crippen LogP contribution is 1.48. The van der Waals surface area contributed by atoms with Crippen LogP contribution in [0.4, 0.5) is 0 Å². The number of terminal acetylenes is 1. The van der Waals surface area contributed by atoms with Gasteiger partial charge in [-0.3, -0.25) is 0 Å². The number of hydrogen-bond acceptors (Lipinski definition) is 0. The maximum absolute atomic E-state index is 4.53. The summed E-state index contributed by atoms with van der Waals surface area (Å²) in [6, 6.07) is 0.